The van der Waals surface area contributed by atoms with Crippen molar-refractivity contribution in [2.75, 3.05) is 0 Å². The van der Waals surface area contributed by atoms with Gasteiger partial charge in [-0.15, -0.1) is 0 Å². The van der Waals surface area contributed by atoms with E-state index < -0.39 is 0 Å². The van der Waals surface area contributed by atoms with Crippen LogP contribution in [0.2, 0.25) is 0 Å². The Kier molecular flexibility index (Phi) is 4.77. The lowest BCUT2D eigenvalue weighted by atomic mass is 9.80. The Hall–Kier alpha value is -1.60. The van der Waals surface area contributed by atoms with Gasteiger partial charge in [0, 0.05) is 9.90 Å². The molecule has 1 aliphatic rings. The Morgan fingerprint density at radius 1 is 1.14 bits per heavy atom. The van der Waals surface area contributed by atoms with Crippen LogP contribution in [0, 0.1) is 0 Å². The summed E-state index contributed by atoms with van der Waals surface area (Å²) in [4.78, 5) is 0. The first kappa shape index (κ1) is 16.8. The van der Waals surface area contributed by atoms with E-state index in [0.29, 0.717) is 0 Å². The van der Waals surface area contributed by atoms with Gasteiger partial charge in [0.05, 0.1) is 0 Å². The lowest BCUT2D eigenvalue weighted by Gasteiger charge is -2.23. The van der Waals surface area contributed by atoms with Crippen molar-refractivity contribution in [2.45, 2.75) is 33.1 Å². The van der Waals surface area contributed by atoms with E-state index in [9.17, 15) is 0 Å². The SMILES string of the molecule is C=C(Br)/C=C\C(=C)/C(C)=C/C1=C(C)c2ccccc2C1(C)C. The van der Waals surface area contributed by atoms with Gasteiger partial charge in [-0.05, 0) is 53.3 Å². The number of allylic oxidation sites excluding steroid dienone is 8. The number of halogens is 1. The average molecular weight is 355 g/mol. The van der Waals surface area contributed by atoms with Crippen LogP contribution in [0.5, 0.6) is 0 Å². The third-order valence-electron chi connectivity index (χ3n) is 4.41. The van der Waals surface area contributed by atoms with Crippen molar-refractivity contribution in [2.24, 2.45) is 0 Å². The predicted molar refractivity (Wildman–Crippen MR) is 102 cm³/mol. The molecule has 0 spiro atoms. The second-order valence-corrected chi connectivity index (χ2v) is 7.36. The van der Waals surface area contributed by atoms with E-state index in [0.717, 1.165) is 10.1 Å². The van der Waals surface area contributed by atoms with Crippen molar-refractivity contribution in [3.8, 4) is 0 Å². The van der Waals surface area contributed by atoms with Crippen molar-refractivity contribution in [3.05, 3.63) is 88.0 Å². The highest BCUT2D eigenvalue weighted by atomic mass is 79.9. The molecule has 0 aromatic heterocycles. The summed E-state index contributed by atoms with van der Waals surface area (Å²) in [6, 6.07) is 8.68. The topological polar surface area (TPSA) is 0 Å². The van der Waals surface area contributed by atoms with Gasteiger partial charge >= 0.3 is 0 Å². The van der Waals surface area contributed by atoms with Crippen molar-refractivity contribution in [1.82, 2.24) is 0 Å². The molecule has 2 rings (SSSR count). The summed E-state index contributed by atoms with van der Waals surface area (Å²) in [5.74, 6) is 0. The summed E-state index contributed by atoms with van der Waals surface area (Å²) in [5.41, 5.74) is 7.72. The zero-order valence-corrected chi connectivity index (χ0v) is 15.4. The molecule has 1 heteroatoms. The van der Waals surface area contributed by atoms with Crippen LogP contribution in [-0.2, 0) is 5.41 Å². The molecule has 0 radical (unpaired) electrons. The van der Waals surface area contributed by atoms with Crippen LogP contribution in [-0.4, -0.2) is 0 Å². The van der Waals surface area contributed by atoms with Crippen LogP contribution in [0.4, 0.5) is 0 Å². The first-order chi connectivity index (χ1) is 10.2. The minimum Gasteiger partial charge on any atom is -0.0915 e. The van der Waals surface area contributed by atoms with E-state index in [1.165, 1.54) is 27.8 Å². The number of hydrogen-bond donors (Lipinski definition) is 0. The second kappa shape index (κ2) is 6.26. The maximum atomic E-state index is 4.15. The van der Waals surface area contributed by atoms with Crippen LogP contribution in [0.15, 0.2) is 76.9 Å². The van der Waals surface area contributed by atoms with Gasteiger partial charge in [-0.2, -0.15) is 0 Å². The van der Waals surface area contributed by atoms with Crippen LogP contribution < -0.4 is 0 Å². The molecule has 0 bridgehead atoms. The summed E-state index contributed by atoms with van der Waals surface area (Å²) in [6.45, 7) is 16.9. The molecule has 0 heterocycles. The fraction of sp³-hybridized carbons (Fsp3) is 0.238. The van der Waals surface area contributed by atoms with Crippen LogP contribution in [0.25, 0.3) is 5.57 Å². The molecule has 0 amide bonds. The van der Waals surface area contributed by atoms with Gasteiger partial charge in [0.15, 0.2) is 0 Å². The minimum atomic E-state index is 0.0327. The van der Waals surface area contributed by atoms with E-state index >= 15 is 0 Å². The van der Waals surface area contributed by atoms with Crippen LogP contribution in [0.3, 0.4) is 0 Å². The number of fused-ring (bicyclic) bond motifs is 1. The summed E-state index contributed by atoms with van der Waals surface area (Å²) in [7, 11) is 0. The number of hydrogen-bond acceptors (Lipinski definition) is 0. The van der Waals surface area contributed by atoms with Gasteiger partial charge in [-0.1, -0.05) is 79.4 Å². The van der Waals surface area contributed by atoms with Gasteiger partial charge in [0.1, 0.15) is 0 Å². The summed E-state index contributed by atoms with van der Waals surface area (Å²) >= 11 is 3.34. The largest absolute Gasteiger partial charge is 0.0915 e. The first-order valence-electron chi connectivity index (χ1n) is 7.46. The molecular formula is C21H23Br. The van der Waals surface area contributed by atoms with Crippen LogP contribution in [0.1, 0.15) is 38.8 Å². The fourth-order valence-electron chi connectivity index (χ4n) is 3.03. The molecule has 0 aliphatic heterocycles. The maximum Gasteiger partial charge on any atom is 0.0155 e. The molecule has 0 N–H and O–H groups in total. The summed E-state index contributed by atoms with van der Waals surface area (Å²) in [6.07, 6.45) is 6.20. The van der Waals surface area contributed by atoms with Crippen molar-refractivity contribution < 1.29 is 0 Å². The standard InChI is InChI=1S/C21H23Br/c1-14(11-12-16(3)22)15(2)13-20-17(4)18-9-7-8-10-19(18)21(20,5)6/h7-13H,1,3H2,2,4-6H3/b12-11-,15-13+. The Morgan fingerprint density at radius 3 is 2.36 bits per heavy atom. The van der Waals surface area contributed by atoms with Crippen molar-refractivity contribution >= 4 is 21.5 Å². The van der Waals surface area contributed by atoms with Crippen molar-refractivity contribution in [3.63, 3.8) is 0 Å². The van der Waals surface area contributed by atoms with E-state index in [4.69, 9.17) is 0 Å². The third-order valence-corrected chi connectivity index (χ3v) is 4.68. The second-order valence-electron chi connectivity index (χ2n) is 6.34. The highest BCUT2D eigenvalue weighted by molar-refractivity contribution is 9.11. The Morgan fingerprint density at radius 2 is 1.77 bits per heavy atom. The summed E-state index contributed by atoms with van der Waals surface area (Å²) in [5, 5.41) is 0. The van der Waals surface area contributed by atoms with E-state index in [1.54, 1.807) is 0 Å². The minimum absolute atomic E-state index is 0.0327. The average Bonchev–Trinajstić information content (AvgIpc) is 2.66. The van der Waals surface area contributed by atoms with Gasteiger partial charge in [-0.3, -0.25) is 0 Å². The molecule has 22 heavy (non-hydrogen) atoms. The maximum absolute atomic E-state index is 4.15. The number of benzene rings is 1. The zero-order valence-electron chi connectivity index (χ0n) is 13.8. The molecular weight excluding hydrogens is 332 g/mol. The monoisotopic (exact) mass is 354 g/mol. The first-order valence-corrected chi connectivity index (χ1v) is 8.25. The molecule has 1 aromatic carbocycles. The Balaban J connectivity index is 2.42. The van der Waals surface area contributed by atoms with Gasteiger partial charge in [0.2, 0.25) is 0 Å². The highest BCUT2D eigenvalue weighted by Gasteiger charge is 2.34. The Labute approximate surface area is 142 Å². The molecule has 1 aliphatic carbocycles. The van der Waals surface area contributed by atoms with Crippen LogP contribution >= 0.6 is 15.9 Å². The lowest BCUT2D eigenvalue weighted by molar-refractivity contribution is 0.653. The number of rotatable bonds is 4. The molecule has 0 unspecified atom stereocenters. The van der Waals surface area contributed by atoms with E-state index in [-0.39, 0.29) is 5.41 Å². The molecule has 0 nitrogen and oxygen atoms in total. The predicted octanol–water partition coefficient (Wildman–Crippen LogP) is 6.72. The fourth-order valence-corrected chi connectivity index (χ4v) is 3.17. The quantitative estimate of drug-likeness (QED) is 0.526. The van der Waals surface area contributed by atoms with Gasteiger partial charge in [-0.25, -0.2) is 0 Å². The smallest absolute Gasteiger partial charge is 0.0155 e. The molecule has 0 fully saturated rings. The van der Waals surface area contributed by atoms with Crippen molar-refractivity contribution in [1.29, 1.82) is 0 Å². The normalized spacial score (nSPS) is 17.0. The molecule has 114 valence electrons. The highest BCUT2D eigenvalue weighted by Crippen LogP contribution is 2.46. The molecule has 0 saturated carbocycles. The van der Waals surface area contributed by atoms with E-state index in [2.05, 4.69) is 87.1 Å². The van der Waals surface area contributed by atoms with Gasteiger partial charge < -0.3 is 0 Å². The Bertz CT molecular complexity index is 724. The van der Waals surface area contributed by atoms with E-state index in [1.807, 2.05) is 12.2 Å². The summed E-state index contributed by atoms with van der Waals surface area (Å²) < 4.78 is 0.852. The third kappa shape index (κ3) is 3.10. The van der Waals surface area contributed by atoms with Gasteiger partial charge in [0.25, 0.3) is 0 Å². The molecule has 0 saturated heterocycles. The molecule has 1 aromatic rings. The zero-order chi connectivity index (χ0) is 16.5. The molecule has 0 atom stereocenters. The lowest BCUT2D eigenvalue weighted by Crippen LogP contribution is -2.16.